The molecule has 0 aromatic carbocycles. The van der Waals surface area contributed by atoms with Crippen LogP contribution < -0.4 is 0 Å². The first-order chi connectivity index (χ1) is 6.00. The predicted octanol–water partition coefficient (Wildman–Crippen LogP) is 2.58. The minimum atomic E-state index is 0.260. The second kappa shape index (κ2) is 6.14. The maximum atomic E-state index is 11.2. The van der Waals surface area contributed by atoms with Crippen molar-refractivity contribution in [3.8, 4) is 0 Å². The smallest absolute Gasteiger partial charge is 0.266 e. The van der Waals surface area contributed by atoms with Crippen LogP contribution in [0.25, 0.3) is 0 Å². The van der Waals surface area contributed by atoms with Crippen LogP contribution in [0, 0.1) is 0 Å². The number of hydrogen-bond donors (Lipinski definition) is 0. The zero-order valence-corrected chi connectivity index (χ0v) is 9.60. The Hall–Kier alpha value is -0.370. The lowest BCUT2D eigenvalue weighted by Gasteiger charge is -2.25. The molecule has 0 aromatic rings. The Bertz CT molecular complexity index is 152. The Kier molecular flexibility index (Phi) is 5.97. The van der Waals surface area contributed by atoms with Crippen molar-refractivity contribution in [2.24, 2.45) is 0 Å². The molecule has 0 atom stereocenters. The lowest BCUT2D eigenvalue weighted by atomic mass is 10.1. The average Bonchev–Trinajstić information content (AvgIpc) is 2.03. The summed E-state index contributed by atoms with van der Waals surface area (Å²) in [6.07, 6.45) is 6.36. The van der Waals surface area contributed by atoms with Crippen molar-refractivity contribution in [1.82, 2.24) is 0 Å². The molecule has 0 rings (SSSR count). The van der Waals surface area contributed by atoms with Crippen LogP contribution in [0.1, 0.15) is 46.0 Å². The van der Waals surface area contributed by atoms with Crippen molar-refractivity contribution >= 4 is 5.91 Å². The van der Waals surface area contributed by atoms with E-state index in [2.05, 4.69) is 6.92 Å². The van der Waals surface area contributed by atoms with Crippen LogP contribution >= 0.6 is 0 Å². The van der Waals surface area contributed by atoms with Gasteiger partial charge in [0, 0.05) is 0 Å². The second-order valence-electron chi connectivity index (χ2n) is 4.34. The second-order valence-corrected chi connectivity index (χ2v) is 4.34. The van der Waals surface area contributed by atoms with Crippen molar-refractivity contribution in [1.29, 1.82) is 0 Å². The normalized spacial score (nSPS) is 11.7. The number of carbonyl (C=O) groups excluding carboxylic acids is 1. The lowest BCUT2D eigenvalue weighted by Crippen LogP contribution is -2.44. The van der Waals surface area contributed by atoms with Crippen LogP contribution in [0.5, 0.6) is 0 Å². The number of amides is 1. The van der Waals surface area contributed by atoms with Crippen molar-refractivity contribution in [3.63, 3.8) is 0 Å². The van der Waals surface area contributed by atoms with Crippen LogP contribution in [0.3, 0.4) is 0 Å². The molecule has 2 heteroatoms. The van der Waals surface area contributed by atoms with Gasteiger partial charge in [0.25, 0.3) is 0 Å². The van der Waals surface area contributed by atoms with Gasteiger partial charge in [0.15, 0.2) is 0 Å². The fraction of sp³-hybridized carbons (Fsp3) is 0.909. The minimum Gasteiger partial charge on any atom is -0.266 e. The van der Waals surface area contributed by atoms with E-state index >= 15 is 0 Å². The van der Waals surface area contributed by atoms with Crippen molar-refractivity contribution in [3.05, 3.63) is 0 Å². The monoisotopic (exact) mass is 186 g/mol. The molecule has 1 amide bonds. The van der Waals surface area contributed by atoms with Gasteiger partial charge in [0.2, 0.25) is 0 Å². The molecule has 0 spiro atoms. The number of unbranched alkanes of at least 4 members (excludes halogenated alkanes) is 4. The van der Waals surface area contributed by atoms with Crippen LogP contribution in [0.4, 0.5) is 0 Å². The molecule has 0 aliphatic carbocycles. The molecular weight excluding hydrogens is 162 g/mol. The van der Waals surface area contributed by atoms with Crippen LogP contribution in [-0.4, -0.2) is 31.0 Å². The Balaban J connectivity index is 3.46. The fourth-order valence-electron chi connectivity index (χ4n) is 1.27. The van der Waals surface area contributed by atoms with Crippen molar-refractivity contribution in [2.45, 2.75) is 46.0 Å². The number of hydrogen-bond acceptors (Lipinski definition) is 1. The summed E-state index contributed by atoms with van der Waals surface area (Å²) in [6.45, 7) is 4.88. The summed E-state index contributed by atoms with van der Waals surface area (Å²) in [4.78, 5) is 11.2. The quantitative estimate of drug-likeness (QED) is 0.460. The summed E-state index contributed by atoms with van der Waals surface area (Å²) >= 11 is 0. The zero-order valence-electron chi connectivity index (χ0n) is 9.60. The summed E-state index contributed by atoms with van der Waals surface area (Å²) < 4.78 is 0.534. The maximum Gasteiger partial charge on any atom is 0.310 e. The van der Waals surface area contributed by atoms with E-state index in [0.717, 1.165) is 6.54 Å². The summed E-state index contributed by atoms with van der Waals surface area (Å²) in [5, 5.41) is 0. The van der Waals surface area contributed by atoms with Gasteiger partial charge in [-0.3, -0.25) is 4.48 Å². The fourth-order valence-corrected chi connectivity index (χ4v) is 1.27. The highest BCUT2D eigenvalue weighted by molar-refractivity contribution is 5.65. The number of rotatable bonds is 6. The van der Waals surface area contributed by atoms with Gasteiger partial charge in [0.05, 0.1) is 27.6 Å². The molecule has 13 heavy (non-hydrogen) atoms. The highest BCUT2D eigenvalue weighted by atomic mass is 16.2. The van der Waals surface area contributed by atoms with Gasteiger partial charge in [-0.1, -0.05) is 26.2 Å². The summed E-state index contributed by atoms with van der Waals surface area (Å²) in [5.41, 5.74) is 0. The molecule has 0 saturated carbocycles. The zero-order chi connectivity index (χ0) is 10.3. The van der Waals surface area contributed by atoms with Crippen molar-refractivity contribution < 1.29 is 9.28 Å². The summed E-state index contributed by atoms with van der Waals surface area (Å²) in [7, 11) is 3.98. The largest absolute Gasteiger partial charge is 0.310 e. The Morgan fingerprint density at radius 1 is 1.08 bits per heavy atom. The number of quaternary nitrogens is 1. The summed E-state index contributed by atoms with van der Waals surface area (Å²) in [5.74, 6) is 0.260. The SMILES string of the molecule is CCCCCCC[N+](C)(C)C(C)=O. The first-order valence-electron chi connectivity index (χ1n) is 5.35. The molecule has 0 aromatic heterocycles. The van der Waals surface area contributed by atoms with E-state index in [9.17, 15) is 4.79 Å². The molecule has 0 fully saturated rings. The molecule has 0 aliphatic heterocycles. The van der Waals surface area contributed by atoms with Gasteiger partial charge in [0.1, 0.15) is 0 Å². The third-order valence-electron chi connectivity index (χ3n) is 2.67. The van der Waals surface area contributed by atoms with E-state index in [-0.39, 0.29) is 5.91 Å². The van der Waals surface area contributed by atoms with Gasteiger partial charge in [-0.15, -0.1) is 0 Å². The van der Waals surface area contributed by atoms with Gasteiger partial charge in [-0.25, -0.2) is 4.79 Å². The van der Waals surface area contributed by atoms with E-state index < -0.39 is 0 Å². The molecule has 0 bridgehead atoms. The molecule has 0 radical (unpaired) electrons. The van der Waals surface area contributed by atoms with E-state index in [1.165, 1.54) is 32.1 Å². The highest BCUT2D eigenvalue weighted by Gasteiger charge is 2.19. The highest BCUT2D eigenvalue weighted by Crippen LogP contribution is 2.06. The van der Waals surface area contributed by atoms with Gasteiger partial charge in [-0.2, -0.15) is 0 Å². The van der Waals surface area contributed by atoms with Gasteiger partial charge >= 0.3 is 5.91 Å². The van der Waals surface area contributed by atoms with Crippen LogP contribution in [0.15, 0.2) is 0 Å². The Labute approximate surface area is 82.5 Å². The standard InChI is InChI=1S/C11H24NO/c1-5-6-7-8-9-10-12(3,4)11(2)13/h5-10H2,1-4H3/q+1. The first kappa shape index (κ1) is 12.6. The third-order valence-corrected chi connectivity index (χ3v) is 2.67. The first-order valence-corrected chi connectivity index (χ1v) is 5.35. The molecule has 2 nitrogen and oxygen atoms in total. The van der Waals surface area contributed by atoms with Gasteiger partial charge in [-0.05, 0) is 12.8 Å². The lowest BCUT2D eigenvalue weighted by molar-refractivity contribution is -0.813. The molecule has 0 heterocycles. The molecule has 0 aliphatic rings. The molecule has 0 unspecified atom stereocenters. The summed E-state index contributed by atoms with van der Waals surface area (Å²) in [6, 6.07) is 0. The van der Waals surface area contributed by atoms with Crippen LogP contribution in [-0.2, 0) is 4.79 Å². The average molecular weight is 186 g/mol. The van der Waals surface area contributed by atoms with E-state index in [1.807, 2.05) is 14.1 Å². The molecular formula is C11H24NO+. The number of carbonyl (C=O) groups is 1. The maximum absolute atomic E-state index is 11.2. The third kappa shape index (κ3) is 5.81. The predicted molar refractivity (Wildman–Crippen MR) is 56.4 cm³/mol. The van der Waals surface area contributed by atoms with Crippen molar-refractivity contribution in [2.75, 3.05) is 20.6 Å². The molecule has 78 valence electrons. The molecule has 0 N–H and O–H groups in total. The van der Waals surface area contributed by atoms with Crippen LogP contribution in [0.2, 0.25) is 0 Å². The van der Waals surface area contributed by atoms with E-state index in [1.54, 1.807) is 6.92 Å². The van der Waals surface area contributed by atoms with E-state index in [4.69, 9.17) is 0 Å². The van der Waals surface area contributed by atoms with Gasteiger partial charge < -0.3 is 0 Å². The Morgan fingerprint density at radius 3 is 2.08 bits per heavy atom. The minimum absolute atomic E-state index is 0.260. The topological polar surface area (TPSA) is 17.1 Å². The number of nitrogens with zero attached hydrogens (tertiary/aromatic N) is 1. The Morgan fingerprint density at radius 2 is 1.62 bits per heavy atom. The van der Waals surface area contributed by atoms with E-state index in [0.29, 0.717) is 4.48 Å². The molecule has 0 saturated heterocycles.